The molecule has 3 heterocycles. The predicted octanol–water partition coefficient (Wildman–Crippen LogP) is 0.0799. The average molecular weight is 443 g/mol. The van der Waals surface area contributed by atoms with Crippen molar-refractivity contribution in [3.63, 3.8) is 0 Å². The summed E-state index contributed by atoms with van der Waals surface area (Å²) in [5.41, 5.74) is 5.80. The molecule has 0 saturated carbocycles. The van der Waals surface area contributed by atoms with Crippen LogP contribution in [0.2, 0.25) is 0 Å². The second kappa shape index (κ2) is 9.69. The van der Waals surface area contributed by atoms with Gasteiger partial charge in [-0.1, -0.05) is 0 Å². The maximum Gasteiger partial charge on any atom is 0.269 e. The van der Waals surface area contributed by atoms with Gasteiger partial charge in [-0.3, -0.25) is 30.2 Å². The van der Waals surface area contributed by atoms with Crippen molar-refractivity contribution in [1.82, 2.24) is 20.8 Å². The third-order valence-corrected chi connectivity index (χ3v) is 5.24. The fourth-order valence-electron chi connectivity index (χ4n) is 3.50. The molecule has 2 aliphatic rings. The van der Waals surface area contributed by atoms with Gasteiger partial charge in [0, 0.05) is 36.3 Å². The highest BCUT2D eigenvalue weighted by Crippen LogP contribution is 2.30. The number of aromatic amines is 1. The molecule has 1 fully saturated rings. The van der Waals surface area contributed by atoms with E-state index in [4.69, 9.17) is 14.2 Å². The van der Waals surface area contributed by atoms with Crippen molar-refractivity contribution < 1.29 is 23.8 Å². The Morgan fingerprint density at radius 2 is 1.84 bits per heavy atom. The fourth-order valence-corrected chi connectivity index (χ4v) is 3.50. The number of fused-ring (bicyclic) bond motifs is 1. The lowest BCUT2D eigenvalue weighted by Crippen LogP contribution is -2.42. The molecule has 2 amide bonds. The van der Waals surface area contributed by atoms with Crippen molar-refractivity contribution in [1.29, 1.82) is 0 Å². The van der Waals surface area contributed by atoms with Gasteiger partial charge >= 0.3 is 0 Å². The SMILES string of the molecule is Cc1nc(N2CCOCC2)[nH]c(=O)c1CCC(=O)NNC(=O)c1ccc2c(c1)OCCO2. The molecule has 1 aromatic heterocycles. The van der Waals surface area contributed by atoms with Gasteiger partial charge in [0.15, 0.2) is 11.5 Å². The van der Waals surface area contributed by atoms with E-state index >= 15 is 0 Å². The minimum absolute atomic E-state index is 0.0178. The summed E-state index contributed by atoms with van der Waals surface area (Å²) in [6, 6.07) is 4.79. The molecule has 0 spiro atoms. The lowest BCUT2D eigenvalue weighted by molar-refractivity contribution is -0.121. The van der Waals surface area contributed by atoms with Crippen LogP contribution in [-0.4, -0.2) is 61.3 Å². The first-order valence-corrected chi connectivity index (χ1v) is 10.4. The Labute approximate surface area is 184 Å². The Hall–Kier alpha value is -3.60. The molecule has 3 N–H and O–H groups in total. The van der Waals surface area contributed by atoms with Crippen LogP contribution in [0, 0.1) is 6.92 Å². The minimum atomic E-state index is -0.485. The molecule has 0 radical (unpaired) electrons. The molecule has 0 aliphatic carbocycles. The topological polar surface area (TPSA) is 135 Å². The number of morpholine rings is 1. The largest absolute Gasteiger partial charge is 0.486 e. The molecule has 11 nitrogen and oxygen atoms in total. The van der Waals surface area contributed by atoms with Gasteiger partial charge in [-0.25, -0.2) is 4.98 Å². The highest BCUT2D eigenvalue weighted by Gasteiger charge is 2.18. The normalized spacial score (nSPS) is 15.2. The Bertz CT molecular complexity index is 1060. The van der Waals surface area contributed by atoms with E-state index in [1.54, 1.807) is 25.1 Å². The molecular formula is C21H25N5O6. The zero-order valence-electron chi connectivity index (χ0n) is 17.7. The second-order valence-electron chi connectivity index (χ2n) is 7.41. The summed E-state index contributed by atoms with van der Waals surface area (Å²) in [6.07, 6.45) is 0.215. The van der Waals surface area contributed by atoms with E-state index in [-0.39, 0.29) is 18.4 Å². The highest BCUT2D eigenvalue weighted by molar-refractivity contribution is 5.96. The number of nitrogens with one attached hydrogen (secondary N) is 3. The van der Waals surface area contributed by atoms with Crippen LogP contribution in [-0.2, 0) is 16.0 Å². The number of H-pyrrole nitrogens is 1. The van der Waals surface area contributed by atoms with Gasteiger partial charge in [0.05, 0.1) is 13.2 Å². The Morgan fingerprint density at radius 1 is 1.09 bits per heavy atom. The van der Waals surface area contributed by atoms with Crippen LogP contribution < -0.4 is 30.8 Å². The predicted molar refractivity (Wildman–Crippen MR) is 114 cm³/mol. The van der Waals surface area contributed by atoms with Crippen LogP contribution in [0.15, 0.2) is 23.0 Å². The van der Waals surface area contributed by atoms with Crippen LogP contribution in [0.5, 0.6) is 11.5 Å². The van der Waals surface area contributed by atoms with Gasteiger partial charge in [-0.05, 0) is 31.5 Å². The highest BCUT2D eigenvalue weighted by atomic mass is 16.6. The molecule has 170 valence electrons. The van der Waals surface area contributed by atoms with Crippen molar-refractivity contribution in [2.45, 2.75) is 19.8 Å². The summed E-state index contributed by atoms with van der Waals surface area (Å²) in [5.74, 6) is 0.659. The summed E-state index contributed by atoms with van der Waals surface area (Å²) in [7, 11) is 0. The third-order valence-electron chi connectivity index (χ3n) is 5.24. The number of aryl methyl sites for hydroxylation is 1. The van der Waals surface area contributed by atoms with E-state index in [0.29, 0.717) is 73.8 Å². The van der Waals surface area contributed by atoms with Gasteiger partial charge in [0.25, 0.3) is 11.5 Å². The van der Waals surface area contributed by atoms with Crippen molar-refractivity contribution in [3.8, 4) is 11.5 Å². The maximum atomic E-state index is 12.5. The van der Waals surface area contributed by atoms with E-state index < -0.39 is 11.8 Å². The van der Waals surface area contributed by atoms with Crippen LogP contribution in [0.25, 0.3) is 0 Å². The van der Waals surface area contributed by atoms with Crippen molar-refractivity contribution in [2.24, 2.45) is 0 Å². The monoisotopic (exact) mass is 443 g/mol. The number of aromatic nitrogens is 2. The van der Waals surface area contributed by atoms with Gasteiger partial charge in [-0.2, -0.15) is 0 Å². The first-order chi connectivity index (χ1) is 15.5. The van der Waals surface area contributed by atoms with E-state index in [9.17, 15) is 14.4 Å². The number of benzene rings is 1. The molecule has 2 aromatic rings. The molecular weight excluding hydrogens is 418 g/mol. The van der Waals surface area contributed by atoms with E-state index in [1.165, 1.54) is 0 Å². The number of rotatable bonds is 5. The molecule has 4 rings (SSSR count). The Morgan fingerprint density at radius 3 is 2.59 bits per heavy atom. The van der Waals surface area contributed by atoms with Gasteiger partial charge < -0.3 is 19.1 Å². The number of nitrogens with zero attached hydrogens (tertiary/aromatic N) is 2. The number of hydrogen-bond donors (Lipinski definition) is 3. The molecule has 0 atom stereocenters. The van der Waals surface area contributed by atoms with Gasteiger partial charge in [0.1, 0.15) is 13.2 Å². The molecule has 0 unspecified atom stereocenters. The van der Waals surface area contributed by atoms with Crippen molar-refractivity contribution in [3.05, 3.63) is 45.4 Å². The third kappa shape index (κ3) is 4.99. The van der Waals surface area contributed by atoms with Crippen molar-refractivity contribution in [2.75, 3.05) is 44.4 Å². The second-order valence-corrected chi connectivity index (χ2v) is 7.41. The lowest BCUT2D eigenvalue weighted by Gasteiger charge is -2.27. The smallest absolute Gasteiger partial charge is 0.269 e. The van der Waals surface area contributed by atoms with E-state index in [1.807, 2.05) is 4.90 Å². The summed E-state index contributed by atoms with van der Waals surface area (Å²) < 4.78 is 16.2. The van der Waals surface area contributed by atoms with E-state index in [0.717, 1.165) is 0 Å². The molecule has 11 heteroatoms. The molecule has 0 bridgehead atoms. The van der Waals surface area contributed by atoms with Crippen LogP contribution in [0.1, 0.15) is 28.0 Å². The Kier molecular flexibility index (Phi) is 6.55. The van der Waals surface area contributed by atoms with Crippen LogP contribution in [0.3, 0.4) is 0 Å². The Balaban J connectivity index is 1.30. The number of anilines is 1. The zero-order chi connectivity index (χ0) is 22.5. The van der Waals surface area contributed by atoms with E-state index in [2.05, 4.69) is 20.8 Å². The summed E-state index contributed by atoms with van der Waals surface area (Å²) in [6.45, 7) is 5.11. The molecule has 2 aliphatic heterocycles. The lowest BCUT2D eigenvalue weighted by atomic mass is 10.1. The number of carbonyl (C=O) groups excluding carboxylic acids is 2. The van der Waals surface area contributed by atoms with Crippen molar-refractivity contribution >= 4 is 17.8 Å². The van der Waals surface area contributed by atoms with Crippen LogP contribution >= 0.6 is 0 Å². The zero-order valence-corrected chi connectivity index (χ0v) is 17.7. The standard InChI is InChI=1S/C21H25N5O6/c1-13-15(20(29)23-21(22-13)26-6-8-30-9-7-26)3-5-18(27)24-25-19(28)14-2-4-16-17(12-14)32-11-10-31-16/h2,4,12H,3,5-11H2,1H3,(H,24,27)(H,25,28)(H,22,23,29). The number of hydrogen-bond acceptors (Lipinski definition) is 8. The molecule has 1 saturated heterocycles. The molecule has 1 aromatic carbocycles. The van der Waals surface area contributed by atoms with Gasteiger partial charge in [-0.15, -0.1) is 0 Å². The minimum Gasteiger partial charge on any atom is -0.486 e. The summed E-state index contributed by atoms with van der Waals surface area (Å²) >= 11 is 0. The maximum absolute atomic E-state index is 12.5. The average Bonchev–Trinajstić information content (AvgIpc) is 2.82. The number of amides is 2. The number of carbonyl (C=O) groups is 2. The first kappa shape index (κ1) is 21.6. The fraction of sp³-hybridized carbons (Fsp3) is 0.429. The summed E-state index contributed by atoms with van der Waals surface area (Å²) in [5, 5.41) is 0. The van der Waals surface area contributed by atoms with Crippen LogP contribution in [0.4, 0.5) is 5.95 Å². The quantitative estimate of drug-likeness (QED) is 0.553. The number of hydrazine groups is 1. The number of ether oxygens (including phenoxy) is 3. The molecule has 32 heavy (non-hydrogen) atoms. The summed E-state index contributed by atoms with van der Waals surface area (Å²) in [4.78, 5) is 46.2. The first-order valence-electron chi connectivity index (χ1n) is 10.4. The van der Waals surface area contributed by atoms with Gasteiger partial charge in [0.2, 0.25) is 11.9 Å².